The Morgan fingerprint density at radius 3 is 2.84 bits per heavy atom. The smallest absolute Gasteiger partial charge is 0.253 e. The molecule has 1 saturated heterocycles. The van der Waals surface area contributed by atoms with Gasteiger partial charge in [0.05, 0.1) is 0 Å². The first kappa shape index (κ1) is 16.0. The molecule has 3 nitrogen and oxygen atoms in total. The van der Waals surface area contributed by atoms with Gasteiger partial charge in [0.25, 0.3) is 5.91 Å². The number of carbonyl (C=O) groups is 1. The van der Waals surface area contributed by atoms with Crippen LogP contribution >= 0.6 is 12.4 Å². The molecule has 106 valence electrons. The fourth-order valence-corrected chi connectivity index (χ4v) is 2.58. The predicted octanol–water partition coefficient (Wildman–Crippen LogP) is 2.62. The number of likely N-dealkylation sites (tertiary alicyclic amines) is 1. The fourth-order valence-electron chi connectivity index (χ4n) is 2.58. The number of rotatable bonds is 2. The molecule has 1 aliphatic rings. The molecular weight excluding hydrogens is 260 g/mol. The number of aryl methyl sites for hydroxylation is 1. The summed E-state index contributed by atoms with van der Waals surface area (Å²) >= 11 is 0. The van der Waals surface area contributed by atoms with Gasteiger partial charge in [-0.2, -0.15) is 0 Å². The average Bonchev–Trinajstić information content (AvgIpc) is 2.38. The number of benzene rings is 1. The Hall–Kier alpha value is -1.06. The molecule has 0 aromatic heterocycles. The van der Waals surface area contributed by atoms with Crippen LogP contribution in [0.25, 0.3) is 0 Å². The number of amides is 1. The monoisotopic (exact) mass is 282 g/mol. The van der Waals surface area contributed by atoms with Gasteiger partial charge in [-0.15, -0.1) is 12.4 Å². The molecule has 0 aliphatic carbocycles. The summed E-state index contributed by atoms with van der Waals surface area (Å²) in [6.07, 6.45) is 2.19. The lowest BCUT2D eigenvalue weighted by molar-refractivity contribution is 0.0661. The van der Waals surface area contributed by atoms with Crippen LogP contribution in [0, 0.1) is 12.8 Å². The number of piperidine rings is 1. The highest BCUT2D eigenvalue weighted by Gasteiger charge is 2.26. The lowest BCUT2D eigenvalue weighted by atomic mass is 9.92. The minimum absolute atomic E-state index is 0. The van der Waals surface area contributed by atoms with E-state index in [4.69, 9.17) is 5.73 Å². The topological polar surface area (TPSA) is 46.3 Å². The third-order valence-corrected chi connectivity index (χ3v) is 3.75. The van der Waals surface area contributed by atoms with Crippen LogP contribution in [0.4, 0.5) is 0 Å². The minimum atomic E-state index is 0. The molecular formula is C15H23ClN2O. The van der Waals surface area contributed by atoms with Crippen LogP contribution in [0.2, 0.25) is 0 Å². The number of nitrogens with zero attached hydrogens (tertiary/aromatic N) is 1. The summed E-state index contributed by atoms with van der Waals surface area (Å²) in [7, 11) is 0. The third-order valence-electron chi connectivity index (χ3n) is 3.75. The van der Waals surface area contributed by atoms with Crippen LogP contribution < -0.4 is 5.73 Å². The van der Waals surface area contributed by atoms with E-state index >= 15 is 0 Å². The predicted molar refractivity (Wildman–Crippen MR) is 80.7 cm³/mol. The van der Waals surface area contributed by atoms with Crippen molar-refractivity contribution >= 4 is 18.3 Å². The highest BCUT2D eigenvalue weighted by atomic mass is 35.5. The van der Waals surface area contributed by atoms with Gasteiger partial charge in [-0.05, 0) is 44.7 Å². The molecule has 4 heteroatoms. The largest absolute Gasteiger partial charge is 0.338 e. The Balaban J connectivity index is 0.00000180. The summed E-state index contributed by atoms with van der Waals surface area (Å²) in [5.74, 6) is 0.580. The van der Waals surface area contributed by atoms with Gasteiger partial charge < -0.3 is 10.6 Å². The van der Waals surface area contributed by atoms with Crippen LogP contribution in [0.1, 0.15) is 35.7 Å². The van der Waals surface area contributed by atoms with Crippen molar-refractivity contribution < 1.29 is 4.79 Å². The van der Waals surface area contributed by atoms with Crippen molar-refractivity contribution in [2.75, 3.05) is 13.1 Å². The van der Waals surface area contributed by atoms with Crippen LogP contribution in [-0.4, -0.2) is 29.9 Å². The second-order valence-corrected chi connectivity index (χ2v) is 5.38. The maximum atomic E-state index is 12.4. The Bertz CT molecular complexity index is 434. The van der Waals surface area contributed by atoms with Gasteiger partial charge in [0.1, 0.15) is 0 Å². The molecule has 2 N–H and O–H groups in total. The van der Waals surface area contributed by atoms with E-state index in [9.17, 15) is 4.79 Å². The molecule has 1 aliphatic heterocycles. The van der Waals surface area contributed by atoms with Gasteiger partial charge >= 0.3 is 0 Å². The van der Waals surface area contributed by atoms with Crippen molar-refractivity contribution in [3.8, 4) is 0 Å². The molecule has 2 unspecified atom stereocenters. The Kier molecular flexibility index (Phi) is 5.83. The summed E-state index contributed by atoms with van der Waals surface area (Å²) in [6.45, 7) is 5.70. The zero-order chi connectivity index (χ0) is 13.1. The summed E-state index contributed by atoms with van der Waals surface area (Å²) < 4.78 is 0. The third kappa shape index (κ3) is 3.95. The molecule has 1 aromatic carbocycles. The molecule has 2 atom stereocenters. The van der Waals surface area contributed by atoms with E-state index in [1.165, 1.54) is 0 Å². The second kappa shape index (κ2) is 6.92. The van der Waals surface area contributed by atoms with Crippen molar-refractivity contribution in [2.45, 2.75) is 32.7 Å². The molecule has 19 heavy (non-hydrogen) atoms. The van der Waals surface area contributed by atoms with Crippen LogP contribution in [0.5, 0.6) is 0 Å². The number of hydrogen-bond donors (Lipinski definition) is 1. The summed E-state index contributed by atoms with van der Waals surface area (Å²) in [5.41, 5.74) is 7.87. The van der Waals surface area contributed by atoms with E-state index in [1.54, 1.807) is 0 Å². The van der Waals surface area contributed by atoms with E-state index in [1.807, 2.05) is 43.0 Å². The lowest BCUT2D eigenvalue weighted by Crippen LogP contribution is -2.45. The van der Waals surface area contributed by atoms with Gasteiger partial charge in [-0.25, -0.2) is 0 Å². The zero-order valence-electron chi connectivity index (χ0n) is 11.6. The maximum absolute atomic E-state index is 12.4. The molecule has 0 bridgehead atoms. The Morgan fingerprint density at radius 2 is 2.21 bits per heavy atom. The summed E-state index contributed by atoms with van der Waals surface area (Å²) in [6, 6.07) is 7.97. The van der Waals surface area contributed by atoms with Crippen molar-refractivity contribution in [2.24, 2.45) is 11.7 Å². The summed E-state index contributed by atoms with van der Waals surface area (Å²) in [4.78, 5) is 14.4. The average molecular weight is 283 g/mol. The molecule has 1 fully saturated rings. The second-order valence-electron chi connectivity index (χ2n) is 5.38. The number of nitrogens with two attached hydrogens (primary N) is 1. The van der Waals surface area contributed by atoms with Gasteiger partial charge in [0, 0.05) is 24.7 Å². The number of halogens is 1. The minimum Gasteiger partial charge on any atom is -0.338 e. The number of hydrogen-bond acceptors (Lipinski definition) is 2. The van der Waals surface area contributed by atoms with Crippen molar-refractivity contribution in [3.05, 3.63) is 35.4 Å². The quantitative estimate of drug-likeness (QED) is 0.906. The van der Waals surface area contributed by atoms with Gasteiger partial charge in [-0.1, -0.05) is 17.7 Å². The number of carbonyl (C=O) groups excluding carboxylic acids is 1. The van der Waals surface area contributed by atoms with Crippen LogP contribution in [0.15, 0.2) is 24.3 Å². The van der Waals surface area contributed by atoms with E-state index in [0.717, 1.165) is 37.1 Å². The van der Waals surface area contributed by atoms with Gasteiger partial charge in [-0.3, -0.25) is 4.79 Å². The van der Waals surface area contributed by atoms with E-state index < -0.39 is 0 Å². The molecule has 0 spiro atoms. The Labute approximate surface area is 121 Å². The molecule has 1 amide bonds. The first-order valence-electron chi connectivity index (χ1n) is 6.69. The highest BCUT2D eigenvalue weighted by molar-refractivity contribution is 5.94. The normalized spacial score (nSPS) is 20.6. The van der Waals surface area contributed by atoms with E-state index in [2.05, 4.69) is 0 Å². The lowest BCUT2D eigenvalue weighted by Gasteiger charge is -2.34. The fraction of sp³-hybridized carbons (Fsp3) is 0.533. The van der Waals surface area contributed by atoms with Crippen molar-refractivity contribution in [1.29, 1.82) is 0 Å². The van der Waals surface area contributed by atoms with Crippen LogP contribution in [0.3, 0.4) is 0 Å². The summed E-state index contributed by atoms with van der Waals surface area (Å²) in [5, 5.41) is 0. The maximum Gasteiger partial charge on any atom is 0.253 e. The molecule has 1 aromatic rings. The molecule has 0 radical (unpaired) electrons. The van der Waals surface area contributed by atoms with Crippen molar-refractivity contribution in [1.82, 2.24) is 4.90 Å². The standard InChI is InChI=1S/C15H22N2O.ClH/c1-11-5-3-6-13(9-11)15(18)17-8-4-7-14(10-17)12(2)16;/h3,5-6,9,12,14H,4,7-8,10,16H2,1-2H3;1H. The first-order valence-corrected chi connectivity index (χ1v) is 6.69. The SMILES string of the molecule is Cc1cccc(C(=O)N2CCCC(C(C)N)C2)c1.Cl. The van der Waals surface area contributed by atoms with Crippen molar-refractivity contribution in [3.63, 3.8) is 0 Å². The van der Waals surface area contributed by atoms with Gasteiger partial charge in [0.2, 0.25) is 0 Å². The van der Waals surface area contributed by atoms with E-state index in [0.29, 0.717) is 5.92 Å². The van der Waals surface area contributed by atoms with Gasteiger partial charge in [0.15, 0.2) is 0 Å². The zero-order valence-corrected chi connectivity index (χ0v) is 12.5. The molecule has 1 heterocycles. The molecule has 0 saturated carbocycles. The Morgan fingerprint density at radius 1 is 1.47 bits per heavy atom. The highest BCUT2D eigenvalue weighted by Crippen LogP contribution is 2.20. The first-order chi connectivity index (χ1) is 8.58. The molecule has 2 rings (SSSR count). The van der Waals surface area contributed by atoms with E-state index in [-0.39, 0.29) is 24.4 Å². The van der Waals surface area contributed by atoms with Crippen LogP contribution in [-0.2, 0) is 0 Å².